The zero-order chi connectivity index (χ0) is 34.4. The summed E-state index contributed by atoms with van der Waals surface area (Å²) in [6, 6.07) is 5.28. The summed E-state index contributed by atoms with van der Waals surface area (Å²) in [5.74, 6) is -0.920. The number of rotatable bonds is 4. The summed E-state index contributed by atoms with van der Waals surface area (Å²) in [4.78, 5) is 68.2. The summed E-state index contributed by atoms with van der Waals surface area (Å²) >= 11 is 3.05. The number of benzene rings is 1. The van der Waals surface area contributed by atoms with Crippen molar-refractivity contribution < 1.29 is 23.6 Å². The van der Waals surface area contributed by atoms with Crippen LogP contribution in [0.5, 0.6) is 0 Å². The number of nitrogens with zero attached hydrogens (tertiary/aromatic N) is 6. The number of halogens is 2. The number of ketones is 1. The fraction of sp³-hybridized carbons (Fsp3) is 0.371. The van der Waals surface area contributed by atoms with Crippen molar-refractivity contribution >= 4 is 56.2 Å². The normalized spacial score (nSPS) is 22.4. The first-order chi connectivity index (χ1) is 23.5. The van der Waals surface area contributed by atoms with Gasteiger partial charge in [0, 0.05) is 54.7 Å². The van der Waals surface area contributed by atoms with Crippen LogP contribution in [0.3, 0.4) is 0 Å². The molecule has 1 saturated carbocycles. The van der Waals surface area contributed by atoms with Crippen molar-refractivity contribution in [2.45, 2.75) is 71.0 Å². The zero-order valence-corrected chi connectivity index (χ0v) is 28.6. The van der Waals surface area contributed by atoms with Gasteiger partial charge in [-0.15, -0.1) is 0 Å². The van der Waals surface area contributed by atoms with Crippen LogP contribution in [0.2, 0.25) is 0 Å². The Bertz CT molecular complexity index is 2050. The van der Waals surface area contributed by atoms with Crippen molar-refractivity contribution in [3.05, 3.63) is 76.3 Å². The second-order valence-electron chi connectivity index (χ2n) is 13.0. The summed E-state index contributed by atoms with van der Waals surface area (Å²) in [6.45, 7) is 3.39. The van der Waals surface area contributed by atoms with Gasteiger partial charge < -0.3 is 15.5 Å². The fourth-order valence-corrected chi connectivity index (χ4v) is 7.41. The van der Waals surface area contributed by atoms with E-state index >= 15 is 0 Å². The van der Waals surface area contributed by atoms with Crippen LogP contribution < -0.4 is 10.6 Å². The summed E-state index contributed by atoms with van der Waals surface area (Å²) in [7, 11) is 0. The minimum Gasteiger partial charge on any atom is -0.355 e. The van der Waals surface area contributed by atoms with Gasteiger partial charge in [-0.05, 0) is 90.4 Å². The third-order valence-corrected chi connectivity index (χ3v) is 10.2. The number of anilines is 1. The number of nitrogens with one attached hydrogen (secondary N) is 2. The first-order valence-electron chi connectivity index (χ1n) is 16.2. The Kier molecular flexibility index (Phi) is 8.59. The van der Waals surface area contributed by atoms with E-state index in [0.717, 1.165) is 16.7 Å². The average Bonchev–Trinajstić information content (AvgIpc) is 3.48. The largest absolute Gasteiger partial charge is 0.355 e. The highest BCUT2D eigenvalue weighted by Crippen LogP contribution is 2.59. The van der Waals surface area contributed by atoms with E-state index in [2.05, 4.69) is 46.6 Å². The number of aromatic nitrogens is 5. The van der Waals surface area contributed by atoms with Crippen LogP contribution in [-0.2, 0) is 27.3 Å². The molecule has 12 nitrogen and oxygen atoms in total. The highest BCUT2D eigenvalue weighted by atomic mass is 79.9. The molecule has 4 aromatic rings. The molecule has 7 rings (SSSR count). The number of aryl methyl sites for hydroxylation is 1. The highest BCUT2D eigenvalue weighted by Gasteiger charge is 2.67. The van der Waals surface area contributed by atoms with Gasteiger partial charge in [-0.25, -0.2) is 19.3 Å². The average molecular weight is 730 g/mol. The Hall–Kier alpha value is -4.85. The van der Waals surface area contributed by atoms with Crippen LogP contribution >= 0.6 is 15.9 Å². The van der Waals surface area contributed by atoms with Crippen molar-refractivity contribution in [1.29, 1.82) is 0 Å². The number of hydrogen-bond acceptors (Lipinski definition) is 8. The first-order valence-corrected chi connectivity index (χ1v) is 17.0. The fourth-order valence-electron chi connectivity index (χ4n) is 7.09. The second-order valence-corrected chi connectivity index (χ2v) is 13.8. The molecule has 1 saturated heterocycles. The number of piperidine rings is 1. The van der Waals surface area contributed by atoms with Gasteiger partial charge in [-0.1, -0.05) is 12.2 Å². The minimum absolute atomic E-state index is 0.0459. The molecule has 2 bridgehead atoms. The standard InChI is InChI=1S/C35H34BrFN8O4/c1-19(46)31-24-12-22(23-15-38-20(2)39-16-23)11-21-7-5-3-4-6-8-29(47)40-18-35-13-26(34(49)42-28-10-9-25(37)33(36)41-28)45(27(35)14-35)30(48)17-44(43-31)32(21)24/h3,5,9-12,15-16,26-27H,4,6-8,13-14,17-18H2,1-2H3,(H,40,47)(H,41,42,49)/t26-,27+,35-/m0/s1. The number of amides is 3. The van der Waals surface area contributed by atoms with Gasteiger partial charge in [-0.3, -0.25) is 23.9 Å². The SMILES string of the molecule is CC(=O)c1nn2c3c(cc(-c4cnc(C)nc4)cc13)CC=CCCCC(=O)NC[C@@]13C[C@@H](C(=O)Nc4ccc(F)c(Br)n4)N(C(=O)C2)[C@@H]1C3. The van der Waals surface area contributed by atoms with Crippen molar-refractivity contribution in [3.8, 4) is 11.1 Å². The lowest BCUT2D eigenvalue weighted by molar-refractivity contribution is -0.138. The van der Waals surface area contributed by atoms with E-state index in [1.165, 1.54) is 19.1 Å². The maximum absolute atomic E-state index is 14.3. The topological polar surface area (TPSA) is 152 Å². The highest BCUT2D eigenvalue weighted by molar-refractivity contribution is 9.10. The molecule has 3 amide bonds. The van der Waals surface area contributed by atoms with Crippen LogP contribution in [0.1, 0.15) is 60.9 Å². The molecule has 0 radical (unpaired) electrons. The second kappa shape index (κ2) is 12.9. The molecule has 3 aromatic heterocycles. The number of carbonyl (C=O) groups excluding carboxylic acids is 4. The molecular weight excluding hydrogens is 695 g/mol. The molecule has 2 aliphatic heterocycles. The van der Waals surface area contributed by atoms with Gasteiger partial charge >= 0.3 is 0 Å². The molecule has 0 unspecified atom stereocenters. The first kappa shape index (κ1) is 32.7. The lowest BCUT2D eigenvalue weighted by atomic mass is 9.98. The summed E-state index contributed by atoms with van der Waals surface area (Å²) in [5, 5.41) is 11.1. The third kappa shape index (κ3) is 6.36. The van der Waals surface area contributed by atoms with E-state index < -0.39 is 23.2 Å². The Balaban J connectivity index is 1.29. The lowest BCUT2D eigenvalue weighted by Gasteiger charge is -2.27. The predicted molar refractivity (Wildman–Crippen MR) is 182 cm³/mol. The van der Waals surface area contributed by atoms with Crippen LogP contribution in [0.4, 0.5) is 10.2 Å². The van der Waals surface area contributed by atoms with Crippen LogP contribution in [0.25, 0.3) is 22.0 Å². The van der Waals surface area contributed by atoms with E-state index in [9.17, 15) is 23.6 Å². The maximum Gasteiger partial charge on any atom is 0.248 e. The molecule has 2 fully saturated rings. The van der Waals surface area contributed by atoms with Crippen molar-refractivity contribution in [1.82, 2.24) is 34.9 Å². The number of Topliss-reactive ketones (excluding diaryl/α,β-unsaturated/α-hetero) is 1. The van der Waals surface area contributed by atoms with Crippen molar-refractivity contribution in [2.24, 2.45) is 5.41 Å². The molecule has 3 atom stereocenters. The Morgan fingerprint density at radius 1 is 1.10 bits per heavy atom. The molecule has 1 aliphatic carbocycles. The van der Waals surface area contributed by atoms with Gasteiger partial charge in [0.25, 0.3) is 0 Å². The number of hydrogen-bond donors (Lipinski definition) is 2. The number of allylic oxidation sites excluding steroid dienone is 2. The molecule has 5 heterocycles. The van der Waals surface area contributed by atoms with E-state index in [-0.39, 0.29) is 46.3 Å². The van der Waals surface area contributed by atoms with Gasteiger partial charge in [0.2, 0.25) is 17.7 Å². The molecule has 2 N–H and O–H groups in total. The zero-order valence-electron chi connectivity index (χ0n) is 27.0. The minimum atomic E-state index is -0.864. The maximum atomic E-state index is 14.3. The molecule has 3 aliphatic rings. The van der Waals surface area contributed by atoms with Gasteiger partial charge in [0.1, 0.15) is 34.5 Å². The molecular formula is C35H34BrFN8O4. The van der Waals surface area contributed by atoms with Crippen LogP contribution in [-0.4, -0.2) is 71.8 Å². The number of pyridine rings is 1. The van der Waals surface area contributed by atoms with Gasteiger partial charge in [0.05, 0.1) is 5.52 Å². The summed E-state index contributed by atoms with van der Waals surface area (Å²) < 4.78 is 15.4. The van der Waals surface area contributed by atoms with E-state index in [4.69, 9.17) is 0 Å². The van der Waals surface area contributed by atoms with E-state index in [1.807, 2.05) is 31.2 Å². The van der Waals surface area contributed by atoms with E-state index in [1.54, 1.807) is 22.0 Å². The quantitative estimate of drug-likeness (QED) is 0.174. The third-order valence-electron chi connectivity index (χ3n) is 9.64. The lowest BCUT2D eigenvalue weighted by Crippen LogP contribution is -2.46. The molecule has 14 heteroatoms. The van der Waals surface area contributed by atoms with Crippen LogP contribution in [0, 0.1) is 18.2 Å². The van der Waals surface area contributed by atoms with Gasteiger partial charge in [0.15, 0.2) is 11.6 Å². The molecule has 0 spiro atoms. The van der Waals surface area contributed by atoms with Crippen molar-refractivity contribution in [3.63, 3.8) is 0 Å². The smallest absolute Gasteiger partial charge is 0.248 e. The Morgan fingerprint density at radius 3 is 2.65 bits per heavy atom. The number of carbonyl (C=O) groups is 4. The molecule has 252 valence electrons. The Labute approximate surface area is 289 Å². The van der Waals surface area contributed by atoms with Crippen LogP contribution in [0.15, 0.2) is 53.4 Å². The molecule has 1 aromatic carbocycles. The monoisotopic (exact) mass is 728 g/mol. The molecule has 49 heavy (non-hydrogen) atoms. The Morgan fingerprint density at radius 2 is 1.90 bits per heavy atom. The summed E-state index contributed by atoms with van der Waals surface area (Å²) in [5.41, 5.74) is 2.88. The summed E-state index contributed by atoms with van der Waals surface area (Å²) in [6.07, 6.45) is 10.7. The van der Waals surface area contributed by atoms with Gasteiger partial charge in [-0.2, -0.15) is 5.10 Å². The predicted octanol–water partition coefficient (Wildman–Crippen LogP) is 4.70. The van der Waals surface area contributed by atoms with E-state index in [0.29, 0.717) is 61.8 Å². The van der Waals surface area contributed by atoms with Crippen molar-refractivity contribution in [2.75, 3.05) is 11.9 Å².